The van der Waals surface area contributed by atoms with Crippen LogP contribution in [0.15, 0.2) is 29.3 Å². The first-order valence-corrected chi connectivity index (χ1v) is 8.37. The average Bonchev–Trinajstić information content (AvgIpc) is 2.59. The summed E-state index contributed by atoms with van der Waals surface area (Å²) in [6.45, 7) is 8.33. The highest BCUT2D eigenvalue weighted by Crippen LogP contribution is 2.22. The van der Waals surface area contributed by atoms with Gasteiger partial charge in [-0.15, -0.1) is 37.1 Å². The molecule has 1 heterocycles. The van der Waals surface area contributed by atoms with Gasteiger partial charge in [0.2, 0.25) is 0 Å². The van der Waals surface area contributed by atoms with Gasteiger partial charge in [-0.05, 0) is 31.5 Å². The molecule has 0 aromatic heterocycles. The second-order valence-corrected chi connectivity index (χ2v) is 6.66. The Morgan fingerprint density at radius 2 is 1.81 bits per heavy atom. The Kier molecular flexibility index (Phi) is 9.09. The maximum atomic E-state index is 12.1. The third-order valence-electron chi connectivity index (χ3n) is 4.16. The lowest BCUT2D eigenvalue weighted by Gasteiger charge is -2.40. The smallest absolute Gasteiger partial charge is 0.406 e. The number of nitrogens with one attached hydrogen (secondary N) is 1. The lowest BCUT2D eigenvalue weighted by Crippen LogP contribution is -2.56. The van der Waals surface area contributed by atoms with Crippen molar-refractivity contribution in [3.63, 3.8) is 0 Å². The number of nitrogens with two attached hydrogens (primary N) is 1. The molecule has 0 amide bonds. The number of aliphatic imine (C=N–C) groups is 1. The Bertz CT molecular complexity index is 603. The van der Waals surface area contributed by atoms with E-state index >= 15 is 0 Å². The van der Waals surface area contributed by atoms with Crippen molar-refractivity contribution < 1.29 is 22.6 Å². The molecule has 2 rings (SSSR count). The molecule has 0 spiro atoms. The van der Waals surface area contributed by atoms with E-state index in [2.05, 4.69) is 33.8 Å². The Morgan fingerprint density at radius 3 is 2.37 bits per heavy atom. The average molecular weight is 502 g/mol. The van der Waals surface area contributed by atoms with Gasteiger partial charge in [0.15, 0.2) is 5.96 Å². The fourth-order valence-electron chi connectivity index (χ4n) is 2.62. The highest BCUT2D eigenvalue weighted by Gasteiger charge is 2.31. The molecule has 6 nitrogen and oxygen atoms in total. The molecule has 0 saturated carbocycles. The molecule has 154 valence electrons. The summed E-state index contributed by atoms with van der Waals surface area (Å²) in [7, 11) is 0. The van der Waals surface area contributed by atoms with E-state index < -0.39 is 6.36 Å². The second-order valence-electron chi connectivity index (χ2n) is 6.66. The van der Waals surface area contributed by atoms with Crippen LogP contribution >= 0.6 is 24.0 Å². The molecule has 1 aliphatic heterocycles. The predicted octanol–water partition coefficient (Wildman–Crippen LogP) is 2.72. The molecule has 1 aromatic rings. The first-order valence-electron chi connectivity index (χ1n) is 8.37. The third kappa shape index (κ3) is 8.52. The number of alkyl halides is 3. The number of guanidine groups is 1. The zero-order chi connectivity index (χ0) is 19.2. The van der Waals surface area contributed by atoms with Crippen LogP contribution in [0.3, 0.4) is 0 Å². The van der Waals surface area contributed by atoms with E-state index in [9.17, 15) is 13.2 Å². The van der Waals surface area contributed by atoms with E-state index in [1.807, 2.05) is 0 Å². The van der Waals surface area contributed by atoms with E-state index in [0.717, 1.165) is 31.9 Å². The summed E-state index contributed by atoms with van der Waals surface area (Å²) in [5.74, 6) is 0.0329. The van der Waals surface area contributed by atoms with Crippen LogP contribution in [0.1, 0.15) is 19.4 Å². The minimum atomic E-state index is -4.69. The molecule has 0 bridgehead atoms. The summed E-state index contributed by atoms with van der Waals surface area (Å²) in [4.78, 5) is 6.55. The summed E-state index contributed by atoms with van der Waals surface area (Å²) in [6, 6.07) is 5.55. The minimum absolute atomic E-state index is 0. The van der Waals surface area contributed by atoms with Crippen molar-refractivity contribution in [1.82, 2.24) is 10.2 Å². The number of rotatable bonds is 6. The number of morpholine rings is 1. The van der Waals surface area contributed by atoms with Gasteiger partial charge >= 0.3 is 6.36 Å². The van der Waals surface area contributed by atoms with Crippen LogP contribution < -0.4 is 15.8 Å². The maximum Gasteiger partial charge on any atom is 0.573 e. The van der Waals surface area contributed by atoms with Crippen LogP contribution in [-0.2, 0) is 11.3 Å². The van der Waals surface area contributed by atoms with Crippen LogP contribution in [0.4, 0.5) is 13.2 Å². The molecular weight excluding hydrogens is 476 g/mol. The van der Waals surface area contributed by atoms with E-state index in [0.29, 0.717) is 12.5 Å². The number of benzene rings is 1. The van der Waals surface area contributed by atoms with E-state index in [4.69, 9.17) is 10.5 Å². The number of hydrogen-bond donors (Lipinski definition) is 2. The van der Waals surface area contributed by atoms with Gasteiger partial charge in [0, 0.05) is 25.2 Å². The fourth-order valence-corrected chi connectivity index (χ4v) is 2.62. The SMILES string of the molecule is CC(C)(CNC(N)=NCc1ccc(OC(F)(F)F)cc1)N1CCOCC1.I. The van der Waals surface area contributed by atoms with Gasteiger partial charge in [-0.25, -0.2) is 4.99 Å². The molecule has 1 aliphatic rings. The van der Waals surface area contributed by atoms with Crippen LogP contribution in [0.2, 0.25) is 0 Å². The first kappa shape index (κ1) is 23.8. The fraction of sp³-hybridized carbons (Fsp3) is 0.588. The van der Waals surface area contributed by atoms with Crippen molar-refractivity contribution in [2.75, 3.05) is 32.8 Å². The second kappa shape index (κ2) is 10.3. The van der Waals surface area contributed by atoms with Gasteiger partial charge in [0.1, 0.15) is 5.75 Å². The summed E-state index contributed by atoms with van der Waals surface area (Å²) >= 11 is 0. The summed E-state index contributed by atoms with van der Waals surface area (Å²) in [6.07, 6.45) is -4.69. The number of halogens is 4. The molecule has 1 saturated heterocycles. The van der Waals surface area contributed by atoms with Gasteiger partial charge in [-0.2, -0.15) is 0 Å². The number of nitrogens with zero attached hydrogens (tertiary/aromatic N) is 2. The summed E-state index contributed by atoms with van der Waals surface area (Å²) in [5.41, 5.74) is 6.53. The topological polar surface area (TPSA) is 72.1 Å². The molecular formula is C17H26F3IN4O2. The van der Waals surface area contributed by atoms with Crippen molar-refractivity contribution >= 4 is 29.9 Å². The summed E-state index contributed by atoms with van der Waals surface area (Å²) < 4.78 is 45.6. The van der Waals surface area contributed by atoms with Crippen molar-refractivity contribution in [2.24, 2.45) is 10.7 Å². The van der Waals surface area contributed by atoms with Crippen molar-refractivity contribution in [2.45, 2.75) is 32.3 Å². The van der Waals surface area contributed by atoms with Crippen LogP contribution in [-0.4, -0.2) is 55.6 Å². The molecule has 0 unspecified atom stereocenters. The van der Waals surface area contributed by atoms with Gasteiger partial charge in [-0.3, -0.25) is 4.90 Å². The van der Waals surface area contributed by atoms with Crippen molar-refractivity contribution in [3.05, 3.63) is 29.8 Å². The first-order chi connectivity index (χ1) is 12.2. The van der Waals surface area contributed by atoms with Crippen molar-refractivity contribution in [1.29, 1.82) is 0 Å². The van der Waals surface area contributed by atoms with Crippen molar-refractivity contribution in [3.8, 4) is 5.75 Å². The lowest BCUT2D eigenvalue weighted by molar-refractivity contribution is -0.274. The minimum Gasteiger partial charge on any atom is -0.406 e. The van der Waals surface area contributed by atoms with Crippen LogP contribution in [0, 0.1) is 0 Å². The molecule has 0 atom stereocenters. The maximum absolute atomic E-state index is 12.1. The molecule has 0 aliphatic carbocycles. The quantitative estimate of drug-likeness (QED) is 0.356. The van der Waals surface area contributed by atoms with E-state index in [1.165, 1.54) is 24.3 Å². The molecule has 10 heteroatoms. The highest BCUT2D eigenvalue weighted by atomic mass is 127. The lowest BCUT2D eigenvalue weighted by atomic mass is 10.0. The van der Waals surface area contributed by atoms with Crippen LogP contribution in [0.5, 0.6) is 5.75 Å². The zero-order valence-electron chi connectivity index (χ0n) is 15.4. The van der Waals surface area contributed by atoms with Gasteiger partial charge in [-0.1, -0.05) is 12.1 Å². The molecule has 27 heavy (non-hydrogen) atoms. The van der Waals surface area contributed by atoms with Crippen LogP contribution in [0.25, 0.3) is 0 Å². The Balaban J connectivity index is 0.00000364. The zero-order valence-corrected chi connectivity index (χ0v) is 17.7. The van der Waals surface area contributed by atoms with Gasteiger partial charge in [0.25, 0.3) is 0 Å². The molecule has 1 aromatic carbocycles. The predicted molar refractivity (Wildman–Crippen MR) is 108 cm³/mol. The molecule has 0 radical (unpaired) electrons. The van der Waals surface area contributed by atoms with Gasteiger partial charge in [0.05, 0.1) is 19.8 Å². The Labute approximate surface area is 174 Å². The van der Waals surface area contributed by atoms with E-state index in [-0.39, 0.29) is 41.8 Å². The monoisotopic (exact) mass is 502 g/mol. The highest BCUT2D eigenvalue weighted by molar-refractivity contribution is 14.0. The Morgan fingerprint density at radius 1 is 1.22 bits per heavy atom. The van der Waals surface area contributed by atoms with Gasteiger partial charge < -0.3 is 20.5 Å². The molecule has 3 N–H and O–H groups in total. The van der Waals surface area contributed by atoms with E-state index in [1.54, 1.807) is 0 Å². The number of ether oxygens (including phenoxy) is 2. The molecule has 1 fully saturated rings. The largest absolute Gasteiger partial charge is 0.573 e. The third-order valence-corrected chi connectivity index (χ3v) is 4.16. The normalized spacial score (nSPS) is 16.6. The standard InChI is InChI=1S/C17H25F3N4O2.HI/c1-16(2,24-7-9-25-10-8-24)12-23-15(21)22-11-13-3-5-14(6-4-13)26-17(18,19)20;/h3-6H,7-12H2,1-2H3,(H3,21,22,23);1H. The number of hydrogen-bond acceptors (Lipinski definition) is 4. The Hall–Kier alpha value is -1.27. The summed E-state index contributed by atoms with van der Waals surface area (Å²) in [5, 5.41) is 3.10.